The first-order valence-electron chi connectivity index (χ1n) is 7.07. The van der Waals surface area contributed by atoms with Crippen LogP contribution in [0.25, 0.3) is 0 Å². The Morgan fingerprint density at radius 1 is 1.12 bits per heavy atom. The van der Waals surface area contributed by atoms with Crippen LogP contribution in [0.4, 0.5) is 19.0 Å². The molecule has 0 radical (unpaired) electrons. The second-order valence-corrected chi connectivity index (χ2v) is 5.10. The summed E-state index contributed by atoms with van der Waals surface area (Å²) >= 11 is 0. The van der Waals surface area contributed by atoms with Crippen LogP contribution in [-0.4, -0.2) is 22.7 Å². The van der Waals surface area contributed by atoms with E-state index in [1.165, 1.54) is 12.1 Å². The van der Waals surface area contributed by atoms with Crippen LogP contribution >= 0.6 is 0 Å². The first kappa shape index (κ1) is 16.0. The maximum absolute atomic E-state index is 12.6. The normalized spacial score (nSPS) is 17.1. The molecular weight excluding hydrogens is 323 g/mol. The van der Waals surface area contributed by atoms with Gasteiger partial charge in [0.05, 0.1) is 5.71 Å². The summed E-state index contributed by atoms with van der Waals surface area (Å²) in [6.45, 7) is 0. The highest BCUT2D eigenvalue weighted by Crippen LogP contribution is 2.28. The molecule has 0 fully saturated rings. The van der Waals surface area contributed by atoms with Crippen molar-refractivity contribution < 1.29 is 22.8 Å². The second-order valence-electron chi connectivity index (χ2n) is 5.10. The molecule has 0 spiro atoms. The van der Waals surface area contributed by atoms with Gasteiger partial charge in [-0.2, -0.15) is 13.2 Å². The van der Waals surface area contributed by atoms with Gasteiger partial charge in [0.2, 0.25) is 6.10 Å². The summed E-state index contributed by atoms with van der Waals surface area (Å²) < 4.78 is 37.9. The molecule has 1 aliphatic rings. The number of anilines is 1. The van der Waals surface area contributed by atoms with Crippen molar-refractivity contribution in [2.24, 2.45) is 5.16 Å². The van der Waals surface area contributed by atoms with E-state index in [-0.39, 0.29) is 12.2 Å². The lowest BCUT2D eigenvalue weighted by atomic mass is 10.0. The summed E-state index contributed by atoms with van der Waals surface area (Å²) in [5, 5.41) is 6.18. The average molecular weight is 335 g/mol. The number of aromatic nitrogens is 1. The minimum absolute atomic E-state index is 0.188. The fraction of sp³-hybridized carbons (Fsp3) is 0.188. The molecule has 2 aromatic rings. The zero-order chi connectivity index (χ0) is 17.2. The number of oxime groups is 1. The van der Waals surface area contributed by atoms with E-state index in [4.69, 9.17) is 4.84 Å². The average Bonchev–Trinajstić information content (AvgIpc) is 3.05. The molecular formula is C16H12F3N3O2. The van der Waals surface area contributed by atoms with Crippen LogP contribution in [0.5, 0.6) is 0 Å². The van der Waals surface area contributed by atoms with E-state index in [0.29, 0.717) is 5.71 Å². The Hall–Kier alpha value is -2.90. The zero-order valence-electron chi connectivity index (χ0n) is 12.2. The van der Waals surface area contributed by atoms with Crippen LogP contribution in [-0.2, 0) is 15.8 Å². The van der Waals surface area contributed by atoms with Crippen molar-refractivity contribution in [3.8, 4) is 0 Å². The number of hydrogen-bond acceptors (Lipinski definition) is 4. The third-order valence-electron chi connectivity index (χ3n) is 3.36. The quantitative estimate of drug-likeness (QED) is 0.937. The molecule has 124 valence electrons. The summed E-state index contributed by atoms with van der Waals surface area (Å²) in [4.78, 5) is 20.6. The van der Waals surface area contributed by atoms with Crippen LogP contribution in [0.2, 0.25) is 0 Å². The van der Waals surface area contributed by atoms with Crippen LogP contribution in [0.15, 0.2) is 53.7 Å². The molecule has 24 heavy (non-hydrogen) atoms. The van der Waals surface area contributed by atoms with Gasteiger partial charge in [0.15, 0.2) is 0 Å². The Labute approximate surface area is 135 Å². The lowest BCUT2D eigenvalue weighted by Gasteiger charge is -2.11. The smallest absolute Gasteiger partial charge is 0.382 e. The number of pyridine rings is 1. The van der Waals surface area contributed by atoms with E-state index in [1.807, 2.05) is 30.3 Å². The number of nitrogens with one attached hydrogen (secondary N) is 1. The minimum Gasteiger partial charge on any atom is -0.382 e. The highest BCUT2D eigenvalue weighted by Gasteiger charge is 2.33. The predicted octanol–water partition coefficient (Wildman–Crippen LogP) is 3.23. The molecule has 0 saturated heterocycles. The van der Waals surface area contributed by atoms with Gasteiger partial charge in [0, 0.05) is 6.42 Å². The van der Waals surface area contributed by atoms with Gasteiger partial charge in [0.1, 0.15) is 11.5 Å². The lowest BCUT2D eigenvalue weighted by Crippen LogP contribution is -2.28. The van der Waals surface area contributed by atoms with Crippen LogP contribution in [0, 0.1) is 0 Å². The molecule has 1 aromatic heterocycles. The van der Waals surface area contributed by atoms with Crippen molar-refractivity contribution in [1.82, 2.24) is 4.98 Å². The van der Waals surface area contributed by atoms with Gasteiger partial charge in [-0.3, -0.25) is 4.79 Å². The van der Waals surface area contributed by atoms with Gasteiger partial charge in [0.25, 0.3) is 5.91 Å². The molecule has 1 aromatic carbocycles. The number of carbonyl (C=O) groups is 1. The molecule has 0 bridgehead atoms. The summed E-state index contributed by atoms with van der Waals surface area (Å²) in [5.41, 5.74) is 0.353. The van der Waals surface area contributed by atoms with Crippen LogP contribution in [0.1, 0.15) is 17.7 Å². The molecule has 1 atom stereocenters. The number of nitrogens with zero attached hydrogens (tertiary/aromatic N) is 2. The summed E-state index contributed by atoms with van der Waals surface area (Å²) in [7, 11) is 0. The molecule has 8 heteroatoms. The Balaban J connectivity index is 1.65. The number of benzene rings is 1. The highest BCUT2D eigenvalue weighted by molar-refractivity contribution is 6.05. The van der Waals surface area contributed by atoms with E-state index < -0.39 is 23.9 Å². The first-order valence-corrected chi connectivity index (χ1v) is 7.07. The summed E-state index contributed by atoms with van der Waals surface area (Å²) in [5.74, 6) is -0.789. The number of amides is 1. The van der Waals surface area contributed by atoms with Gasteiger partial charge in [-0.25, -0.2) is 4.98 Å². The summed E-state index contributed by atoms with van der Waals surface area (Å²) in [6.07, 6.45) is -5.25. The number of halogens is 3. The van der Waals surface area contributed by atoms with Crippen molar-refractivity contribution in [3.63, 3.8) is 0 Å². The molecule has 0 aliphatic carbocycles. The van der Waals surface area contributed by atoms with Gasteiger partial charge in [-0.05, 0) is 17.7 Å². The maximum atomic E-state index is 12.6. The molecule has 1 aliphatic heterocycles. The summed E-state index contributed by atoms with van der Waals surface area (Å²) in [6, 6.07) is 12.5. The third kappa shape index (κ3) is 3.53. The SMILES string of the molecule is O=C(Nc1cccc(C(F)(F)F)n1)C1CC(c2ccccc2)=NO1. The van der Waals surface area contributed by atoms with E-state index in [0.717, 1.165) is 11.6 Å². The number of alkyl halides is 3. The van der Waals surface area contributed by atoms with Crippen LogP contribution in [0.3, 0.4) is 0 Å². The van der Waals surface area contributed by atoms with Gasteiger partial charge >= 0.3 is 6.18 Å². The Bertz CT molecular complexity index is 776. The third-order valence-corrected chi connectivity index (χ3v) is 3.36. The van der Waals surface area contributed by atoms with Crippen molar-refractivity contribution in [2.75, 3.05) is 5.32 Å². The van der Waals surface area contributed by atoms with E-state index in [1.54, 1.807) is 0 Å². The van der Waals surface area contributed by atoms with Gasteiger partial charge < -0.3 is 10.2 Å². The molecule has 5 nitrogen and oxygen atoms in total. The minimum atomic E-state index is -4.58. The Morgan fingerprint density at radius 3 is 2.58 bits per heavy atom. The second kappa shape index (κ2) is 6.31. The zero-order valence-corrected chi connectivity index (χ0v) is 12.2. The number of hydrogen-bond donors (Lipinski definition) is 1. The largest absolute Gasteiger partial charge is 0.433 e. The molecule has 3 rings (SSSR count). The predicted molar refractivity (Wildman–Crippen MR) is 80.3 cm³/mol. The fourth-order valence-electron chi connectivity index (χ4n) is 2.19. The number of carbonyl (C=O) groups excluding carboxylic acids is 1. The van der Waals surface area contributed by atoms with Crippen molar-refractivity contribution >= 4 is 17.4 Å². The number of rotatable bonds is 3. The molecule has 1 unspecified atom stereocenters. The van der Waals surface area contributed by atoms with Crippen molar-refractivity contribution in [1.29, 1.82) is 0 Å². The Kier molecular flexibility index (Phi) is 4.20. The monoisotopic (exact) mass is 335 g/mol. The van der Waals surface area contributed by atoms with Crippen molar-refractivity contribution in [3.05, 3.63) is 59.8 Å². The lowest BCUT2D eigenvalue weighted by molar-refractivity contribution is -0.141. The first-order chi connectivity index (χ1) is 11.4. The van der Waals surface area contributed by atoms with E-state index in [9.17, 15) is 18.0 Å². The van der Waals surface area contributed by atoms with Gasteiger partial charge in [-0.15, -0.1) is 0 Å². The van der Waals surface area contributed by atoms with E-state index in [2.05, 4.69) is 15.5 Å². The fourth-order valence-corrected chi connectivity index (χ4v) is 2.19. The molecule has 0 saturated carbocycles. The highest BCUT2D eigenvalue weighted by atomic mass is 19.4. The standard InChI is InChI=1S/C16H12F3N3O2/c17-16(18,19)13-7-4-8-14(20-13)21-15(23)12-9-11(22-24-12)10-5-2-1-3-6-10/h1-8,12H,9H2,(H,20,21,23). The van der Waals surface area contributed by atoms with Crippen LogP contribution < -0.4 is 5.32 Å². The Morgan fingerprint density at radius 2 is 1.88 bits per heavy atom. The maximum Gasteiger partial charge on any atom is 0.433 e. The van der Waals surface area contributed by atoms with Crippen molar-refractivity contribution in [2.45, 2.75) is 18.7 Å². The van der Waals surface area contributed by atoms with E-state index >= 15 is 0 Å². The molecule has 2 heterocycles. The topological polar surface area (TPSA) is 63.6 Å². The van der Waals surface area contributed by atoms with Gasteiger partial charge in [-0.1, -0.05) is 41.6 Å². The molecule has 1 N–H and O–H groups in total. The molecule has 1 amide bonds.